The highest BCUT2D eigenvalue weighted by molar-refractivity contribution is 9.10. The fourth-order valence-electron chi connectivity index (χ4n) is 2.24. The molecule has 17 heavy (non-hydrogen) atoms. The predicted molar refractivity (Wildman–Crippen MR) is 71.2 cm³/mol. The van der Waals surface area contributed by atoms with E-state index in [1.165, 1.54) is 0 Å². The zero-order valence-electron chi connectivity index (χ0n) is 10.4. The molecule has 1 heterocycles. The Kier molecular flexibility index (Phi) is 3.48. The minimum absolute atomic E-state index is 0.00495. The summed E-state index contributed by atoms with van der Waals surface area (Å²) in [5.74, 6) is 0.860. The molecule has 1 aromatic carbocycles. The second-order valence-corrected chi connectivity index (χ2v) is 5.70. The maximum absolute atomic E-state index is 6.23. The van der Waals surface area contributed by atoms with Gasteiger partial charge in [0.25, 0.3) is 0 Å². The normalized spacial score (nSPS) is 29.4. The summed E-state index contributed by atoms with van der Waals surface area (Å²) in [6.45, 7) is 4.06. The van der Waals surface area contributed by atoms with Gasteiger partial charge in [-0.05, 0) is 32.0 Å². The average Bonchev–Trinajstić information content (AvgIpc) is 2.29. The Morgan fingerprint density at radius 2 is 2.29 bits per heavy atom. The van der Waals surface area contributed by atoms with Crippen LogP contribution in [-0.4, -0.2) is 18.8 Å². The van der Waals surface area contributed by atoms with E-state index in [9.17, 15) is 0 Å². The highest BCUT2D eigenvalue weighted by Gasteiger charge is 2.40. The molecule has 3 atom stereocenters. The molecule has 0 fully saturated rings. The third-order valence-corrected chi connectivity index (χ3v) is 4.05. The van der Waals surface area contributed by atoms with Gasteiger partial charge in [-0.15, -0.1) is 0 Å². The molecule has 0 radical (unpaired) electrons. The number of fused-ring (bicyclic) bond motifs is 1. The van der Waals surface area contributed by atoms with Crippen LogP contribution in [0.5, 0.6) is 5.75 Å². The van der Waals surface area contributed by atoms with E-state index in [1.807, 2.05) is 32.0 Å². The standard InChI is InChI=1S/C13H18BrNO2/c1-8(16-3)13(2)7-11(15)10-6-9(14)4-5-12(10)17-13/h4-6,8,11H,7,15H2,1-3H3/t8?,11-,13?/m0/s1. The zero-order valence-corrected chi connectivity index (χ0v) is 12.0. The summed E-state index contributed by atoms with van der Waals surface area (Å²) in [6.07, 6.45) is 0.760. The lowest BCUT2D eigenvalue weighted by atomic mass is 9.85. The summed E-state index contributed by atoms with van der Waals surface area (Å²) >= 11 is 3.45. The lowest BCUT2D eigenvalue weighted by Gasteiger charge is -2.41. The van der Waals surface area contributed by atoms with E-state index < -0.39 is 0 Å². The van der Waals surface area contributed by atoms with Crippen LogP contribution in [0.15, 0.2) is 22.7 Å². The van der Waals surface area contributed by atoms with Crippen LogP contribution in [0.1, 0.15) is 31.9 Å². The quantitative estimate of drug-likeness (QED) is 0.913. The van der Waals surface area contributed by atoms with E-state index in [4.69, 9.17) is 15.2 Å². The van der Waals surface area contributed by atoms with Gasteiger partial charge in [0.1, 0.15) is 11.4 Å². The Hall–Kier alpha value is -0.580. The van der Waals surface area contributed by atoms with Crippen molar-refractivity contribution in [2.24, 2.45) is 5.73 Å². The van der Waals surface area contributed by atoms with Gasteiger partial charge < -0.3 is 15.2 Å². The van der Waals surface area contributed by atoms with Gasteiger partial charge in [-0.25, -0.2) is 0 Å². The van der Waals surface area contributed by atoms with Crippen molar-refractivity contribution in [3.63, 3.8) is 0 Å². The number of hydrogen-bond acceptors (Lipinski definition) is 3. The van der Waals surface area contributed by atoms with Gasteiger partial charge in [-0.3, -0.25) is 0 Å². The summed E-state index contributed by atoms with van der Waals surface area (Å²) in [7, 11) is 1.70. The number of halogens is 1. The molecule has 2 N–H and O–H groups in total. The highest BCUT2D eigenvalue weighted by atomic mass is 79.9. The Balaban J connectivity index is 2.36. The second-order valence-electron chi connectivity index (χ2n) is 4.79. The van der Waals surface area contributed by atoms with Gasteiger partial charge in [-0.2, -0.15) is 0 Å². The molecule has 3 nitrogen and oxygen atoms in total. The van der Waals surface area contributed by atoms with Gasteiger partial charge in [0.05, 0.1) is 6.10 Å². The first kappa shape index (κ1) is 12.9. The van der Waals surface area contributed by atoms with Crippen LogP contribution < -0.4 is 10.5 Å². The van der Waals surface area contributed by atoms with Gasteiger partial charge in [0.2, 0.25) is 0 Å². The molecule has 4 heteroatoms. The Morgan fingerprint density at radius 3 is 2.94 bits per heavy atom. The number of ether oxygens (including phenoxy) is 2. The topological polar surface area (TPSA) is 44.5 Å². The Bertz CT molecular complexity index is 424. The van der Waals surface area contributed by atoms with Crippen molar-refractivity contribution in [1.82, 2.24) is 0 Å². The van der Waals surface area contributed by atoms with Crippen molar-refractivity contribution in [2.45, 2.75) is 38.0 Å². The fourth-order valence-corrected chi connectivity index (χ4v) is 2.62. The Labute approximate surface area is 110 Å². The molecule has 0 amide bonds. The van der Waals surface area contributed by atoms with E-state index in [1.54, 1.807) is 7.11 Å². The number of benzene rings is 1. The summed E-state index contributed by atoms with van der Waals surface area (Å²) in [6, 6.07) is 5.93. The summed E-state index contributed by atoms with van der Waals surface area (Å²) in [5, 5.41) is 0. The highest BCUT2D eigenvalue weighted by Crippen LogP contribution is 2.41. The predicted octanol–water partition coefficient (Wildman–Crippen LogP) is 3.03. The molecule has 94 valence electrons. The first-order valence-corrected chi connectivity index (χ1v) is 6.52. The fraction of sp³-hybridized carbons (Fsp3) is 0.538. The monoisotopic (exact) mass is 299 g/mol. The molecule has 1 aliphatic heterocycles. The minimum Gasteiger partial charge on any atom is -0.484 e. The molecule has 0 saturated carbocycles. The lowest BCUT2D eigenvalue weighted by Crippen LogP contribution is -2.49. The molecule has 0 spiro atoms. The van der Waals surface area contributed by atoms with Gasteiger partial charge >= 0.3 is 0 Å². The average molecular weight is 300 g/mol. The maximum atomic E-state index is 6.23. The van der Waals surface area contributed by atoms with Crippen LogP contribution in [0, 0.1) is 0 Å². The van der Waals surface area contributed by atoms with Crippen LogP contribution >= 0.6 is 15.9 Å². The third kappa shape index (κ3) is 2.34. The van der Waals surface area contributed by atoms with Crippen LogP contribution in [-0.2, 0) is 4.74 Å². The molecule has 1 aromatic rings. The number of nitrogens with two attached hydrogens (primary N) is 1. The first-order chi connectivity index (χ1) is 7.96. The summed E-state index contributed by atoms with van der Waals surface area (Å²) < 4.78 is 12.5. The number of methoxy groups -OCH3 is 1. The van der Waals surface area contributed by atoms with Gasteiger partial charge in [0.15, 0.2) is 0 Å². The smallest absolute Gasteiger partial charge is 0.134 e. The Morgan fingerprint density at radius 1 is 1.59 bits per heavy atom. The van der Waals surface area contributed by atoms with E-state index in [0.29, 0.717) is 0 Å². The molecule has 0 bridgehead atoms. The summed E-state index contributed by atoms with van der Waals surface area (Å²) in [5.41, 5.74) is 6.92. The van der Waals surface area contributed by atoms with Crippen molar-refractivity contribution in [2.75, 3.05) is 7.11 Å². The van der Waals surface area contributed by atoms with E-state index in [2.05, 4.69) is 15.9 Å². The number of rotatable bonds is 2. The van der Waals surface area contributed by atoms with Crippen molar-refractivity contribution in [3.05, 3.63) is 28.2 Å². The molecule has 2 unspecified atom stereocenters. The summed E-state index contributed by atoms with van der Waals surface area (Å²) in [4.78, 5) is 0. The van der Waals surface area contributed by atoms with Crippen LogP contribution in [0.4, 0.5) is 0 Å². The van der Waals surface area contributed by atoms with Crippen molar-refractivity contribution >= 4 is 15.9 Å². The second kappa shape index (κ2) is 4.59. The van der Waals surface area contributed by atoms with Crippen LogP contribution in [0.3, 0.4) is 0 Å². The first-order valence-electron chi connectivity index (χ1n) is 5.73. The van der Waals surface area contributed by atoms with Gasteiger partial charge in [-0.1, -0.05) is 15.9 Å². The molecule has 0 aliphatic carbocycles. The molecular formula is C13H18BrNO2. The van der Waals surface area contributed by atoms with Crippen molar-refractivity contribution in [1.29, 1.82) is 0 Å². The molecular weight excluding hydrogens is 282 g/mol. The van der Waals surface area contributed by atoms with Crippen LogP contribution in [0.2, 0.25) is 0 Å². The number of hydrogen-bond donors (Lipinski definition) is 1. The van der Waals surface area contributed by atoms with E-state index >= 15 is 0 Å². The van der Waals surface area contributed by atoms with Crippen molar-refractivity contribution < 1.29 is 9.47 Å². The third-order valence-electron chi connectivity index (χ3n) is 3.55. The van der Waals surface area contributed by atoms with E-state index in [-0.39, 0.29) is 17.7 Å². The molecule has 1 aliphatic rings. The lowest BCUT2D eigenvalue weighted by molar-refractivity contribution is -0.0707. The molecule has 2 rings (SSSR count). The van der Waals surface area contributed by atoms with Crippen molar-refractivity contribution in [3.8, 4) is 5.75 Å². The SMILES string of the molecule is COC(C)C1(C)C[C@H](N)c2cc(Br)ccc2O1. The maximum Gasteiger partial charge on any atom is 0.134 e. The van der Waals surface area contributed by atoms with E-state index in [0.717, 1.165) is 22.2 Å². The molecule has 0 saturated heterocycles. The molecule has 0 aromatic heterocycles. The minimum atomic E-state index is -0.366. The van der Waals surface area contributed by atoms with Gasteiger partial charge in [0, 0.05) is 29.6 Å². The largest absolute Gasteiger partial charge is 0.484 e. The van der Waals surface area contributed by atoms with Crippen LogP contribution in [0.25, 0.3) is 0 Å². The zero-order chi connectivity index (χ0) is 12.6.